The fourth-order valence-corrected chi connectivity index (χ4v) is 3.96. The van der Waals surface area contributed by atoms with E-state index >= 15 is 0 Å². The Hall–Kier alpha value is -1.29. The van der Waals surface area contributed by atoms with Gasteiger partial charge in [0.1, 0.15) is 0 Å². The highest BCUT2D eigenvalue weighted by atomic mass is 32.2. The van der Waals surface area contributed by atoms with Crippen molar-refractivity contribution in [3.8, 4) is 0 Å². The first kappa shape index (κ1) is 15.1. The lowest BCUT2D eigenvalue weighted by Gasteiger charge is -2.16. The third-order valence-electron chi connectivity index (χ3n) is 4.22. The number of thioether (sulfide) groups is 1. The minimum Gasteiger partial charge on any atom is -0.468 e. The lowest BCUT2D eigenvalue weighted by Crippen LogP contribution is -2.10. The summed E-state index contributed by atoms with van der Waals surface area (Å²) in [5.74, 6) is 0.149. The Morgan fingerprint density at radius 1 is 1.30 bits per heavy atom. The predicted octanol–water partition coefficient (Wildman–Crippen LogP) is 3.39. The van der Waals surface area contributed by atoms with E-state index < -0.39 is 0 Å². The zero-order valence-electron chi connectivity index (χ0n) is 12.6. The van der Waals surface area contributed by atoms with Gasteiger partial charge in [0, 0.05) is 16.7 Å². The van der Waals surface area contributed by atoms with E-state index in [0.29, 0.717) is 0 Å². The van der Waals surface area contributed by atoms with E-state index in [1.807, 2.05) is 13.8 Å². The Morgan fingerprint density at radius 3 is 2.55 bits per heavy atom. The van der Waals surface area contributed by atoms with Crippen molar-refractivity contribution in [1.82, 2.24) is 0 Å². The van der Waals surface area contributed by atoms with Gasteiger partial charge in [-0.05, 0) is 43.0 Å². The molecule has 1 aromatic rings. The molecule has 0 amide bonds. The molecule has 0 bridgehead atoms. The van der Waals surface area contributed by atoms with Crippen molar-refractivity contribution in [1.29, 1.82) is 0 Å². The average Bonchev–Trinajstić information content (AvgIpc) is 2.66. The molecule has 0 saturated heterocycles. The molecular formula is C16H20O3S. The van der Waals surface area contributed by atoms with E-state index in [2.05, 4.69) is 24.7 Å². The topological polar surface area (TPSA) is 43.4 Å². The Balaban J connectivity index is 2.40. The van der Waals surface area contributed by atoms with Crippen molar-refractivity contribution < 1.29 is 14.3 Å². The van der Waals surface area contributed by atoms with Gasteiger partial charge in [-0.3, -0.25) is 9.59 Å². The van der Waals surface area contributed by atoms with Crippen LogP contribution in [0.15, 0.2) is 6.07 Å². The number of aryl methyl sites for hydroxylation is 1. The predicted molar refractivity (Wildman–Crippen MR) is 81.4 cm³/mol. The zero-order chi connectivity index (χ0) is 15.0. The van der Waals surface area contributed by atoms with Gasteiger partial charge in [-0.2, -0.15) is 0 Å². The van der Waals surface area contributed by atoms with Gasteiger partial charge in [-0.25, -0.2) is 0 Å². The number of fused-ring (bicyclic) bond motifs is 1. The molecule has 0 saturated carbocycles. The van der Waals surface area contributed by atoms with Crippen molar-refractivity contribution in [2.24, 2.45) is 5.92 Å². The molecule has 3 nitrogen and oxygen atoms in total. The highest BCUT2D eigenvalue weighted by molar-refractivity contribution is 8.00. The maximum Gasteiger partial charge on any atom is 0.315 e. The molecule has 4 heteroatoms. The quantitative estimate of drug-likeness (QED) is 0.801. The van der Waals surface area contributed by atoms with Crippen LogP contribution in [-0.2, 0) is 9.53 Å². The van der Waals surface area contributed by atoms with Gasteiger partial charge in [0.25, 0.3) is 0 Å². The zero-order valence-corrected chi connectivity index (χ0v) is 13.4. The monoisotopic (exact) mass is 292 g/mol. The number of esters is 1. The van der Waals surface area contributed by atoms with Crippen LogP contribution in [0.4, 0.5) is 0 Å². The van der Waals surface area contributed by atoms with Crippen LogP contribution in [0, 0.1) is 26.7 Å². The molecule has 0 N–H and O–H groups in total. The first-order valence-corrected chi connectivity index (χ1v) is 7.76. The lowest BCUT2D eigenvalue weighted by molar-refractivity contribution is -0.137. The fraction of sp³-hybridized carbons (Fsp3) is 0.500. The largest absolute Gasteiger partial charge is 0.468 e. The number of ether oxygens (including phenoxy) is 1. The van der Waals surface area contributed by atoms with Gasteiger partial charge >= 0.3 is 5.97 Å². The Bertz CT molecular complexity index is 578. The number of hydrogen-bond acceptors (Lipinski definition) is 4. The highest BCUT2D eigenvalue weighted by Gasteiger charge is 2.38. The lowest BCUT2D eigenvalue weighted by atomic mass is 9.95. The van der Waals surface area contributed by atoms with E-state index in [-0.39, 0.29) is 28.7 Å². The van der Waals surface area contributed by atoms with E-state index in [0.717, 1.165) is 16.7 Å². The third-order valence-corrected chi connectivity index (χ3v) is 5.64. The number of rotatable bonds is 3. The molecule has 0 radical (unpaired) electrons. The summed E-state index contributed by atoms with van der Waals surface area (Å²) in [6, 6.07) is 2.11. The fourth-order valence-electron chi connectivity index (χ4n) is 2.75. The summed E-state index contributed by atoms with van der Waals surface area (Å²) in [5.41, 5.74) is 5.41. The van der Waals surface area contributed by atoms with Crippen LogP contribution >= 0.6 is 11.8 Å². The number of carbonyl (C=O) groups excluding carboxylic acids is 2. The van der Waals surface area contributed by atoms with E-state index in [1.54, 1.807) is 0 Å². The Morgan fingerprint density at radius 2 is 1.95 bits per heavy atom. The molecule has 0 spiro atoms. The van der Waals surface area contributed by atoms with Crippen molar-refractivity contribution in [3.05, 3.63) is 33.9 Å². The second-order valence-corrected chi connectivity index (χ2v) is 6.50. The van der Waals surface area contributed by atoms with Crippen LogP contribution in [0.25, 0.3) is 0 Å². The molecule has 20 heavy (non-hydrogen) atoms. The van der Waals surface area contributed by atoms with Crippen LogP contribution < -0.4 is 0 Å². The van der Waals surface area contributed by atoms with Crippen LogP contribution in [-0.4, -0.2) is 24.6 Å². The Labute approximate surface area is 124 Å². The standard InChI is InChI=1S/C16H20O3S/c1-8-6-12-14(10(3)9(8)2)15(18)11(4)16(12)20-7-13(17)19-5/h6,11,16H,7H2,1-5H3. The van der Waals surface area contributed by atoms with Crippen molar-refractivity contribution in [3.63, 3.8) is 0 Å². The maximum absolute atomic E-state index is 12.5. The highest BCUT2D eigenvalue weighted by Crippen LogP contribution is 2.47. The molecule has 1 aliphatic carbocycles. The number of hydrogen-bond donors (Lipinski definition) is 0. The summed E-state index contributed by atoms with van der Waals surface area (Å²) >= 11 is 1.50. The second kappa shape index (κ2) is 5.60. The molecule has 1 aliphatic rings. The summed E-state index contributed by atoms with van der Waals surface area (Å²) in [6.07, 6.45) is 0. The first-order valence-electron chi connectivity index (χ1n) is 6.71. The maximum atomic E-state index is 12.5. The molecule has 2 rings (SSSR count). The number of methoxy groups -OCH3 is 1. The summed E-state index contributed by atoms with van der Waals surface area (Å²) in [7, 11) is 1.39. The summed E-state index contributed by atoms with van der Waals surface area (Å²) < 4.78 is 4.68. The molecule has 0 heterocycles. The Kier molecular flexibility index (Phi) is 4.23. The summed E-state index contributed by atoms with van der Waals surface area (Å²) in [5, 5.41) is 0.0506. The summed E-state index contributed by atoms with van der Waals surface area (Å²) in [6.45, 7) is 8.08. The number of benzene rings is 1. The molecule has 1 aromatic carbocycles. The first-order chi connectivity index (χ1) is 9.38. The third kappa shape index (κ3) is 2.37. The smallest absolute Gasteiger partial charge is 0.315 e. The molecular weight excluding hydrogens is 272 g/mol. The number of Topliss-reactive ketones (excluding diaryl/α,β-unsaturated/α-hetero) is 1. The van der Waals surface area contributed by atoms with Gasteiger partial charge in [-0.1, -0.05) is 13.0 Å². The van der Waals surface area contributed by atoms with Crippen molar-refractivity contribution in [2.45, 2.75) is 32.9 Å². The molecule has 0 aromatic heterocycles. The van der Waals surface area contributed by atoms with Gasteiger partial charge in [0.05, 0.1) is 12.9 Å². The SMILES string of the molecule is COC(=O)CSC1c2cc(C)c(C)c(C)c2C(=O)C1C. The van der Waals surface area contributed by atoms with Gasteiger partial charge in [0.2, 0.25) is 0 Å². The minimum atomic E-state index is -0.247. The van der Waals surface area contributed by atoms with E-state index in [1.165, 1.54) is 30.0 Å². The average molecular weight is 292 g/mol. The van der Waals surface area contributed by atoms with Crippen molar-refractivity contribution in [2.75, 3.05) is 12.9 Å². The number of ketones is 1. The second-order valence-electron chi connectivity index (χ2n) is 5.37. The van der Waals surface area contributed by atoms with Crippen LogP contribution in [0.1, 0.15) is 44.8 Å². The summed E-state index contributed by atoms with van der Waals surface area (Å²) in [4.78, 5) is 23.8. The van der Waals surface area contributed by atoms with Crippen LogP contribution in [0.5, 0.6) is 0 Å². The van der Waals surface area contributed by atoms with Gasteiger partial charge in [-0.15, -0.1) is 11.8 Å². The van der Waals surface area contributed by atoms with Gasteiger partial charge < -0.3 is 4.74 Å². The van der Waals surface area contributed by atoms with Crippen LogP contribution in [0.2, 0.25) is 0 Å². The molecule has 0 aliphatic heterocycles. The van der Waals surface area contributed by atoms with E-state index in [4.69, 9.17) is 0 Å². The van der Waals surface area contributed by atoms with E-state index in [9.17, 15) is 9.59 Å². The molecule has 2 atom stereocenters. The minimum absolute atomic E-state index is 0.0506. The number of carbonyl (C=O) groups is 2. The molecule has 2 unspecified atom stereocenters. The van der Waals surface area contributed by atoms with Gasteiger partial charge in [0.15, 0.2) is 5.78 Å². The van der Waals surface area contributed by atoms with Crippen LogP contribution in [0.3, 0.4) is 0 Å². The molecule has 108 valence electrons. The normalized spacial score (nSPS) is 20.9. The molecule has 0 fully saturated rings. The van der Waals surface area contributed by atoms with Crippen molar-refractivity contribution >= 4 is 23.5 Å².